The van der Waals surface area contributed by atoms with Crippen molar-refractivity contribution in [3.05, 3.63) is 41.9 Å². The van der Waals surface area contributed by atoms with Crippen molar-refractivity contribution in [1.82, 2.24) is 35.1 Å². The van der Waals surface area contributed by atoms with Crippen LogP contribution in [0.25, 0.3) is 5.65 Å². The molecule has 3 atom stereocenters. The molecule has 0 aliphatic carbocycles. The lowest BCUT2D eigenvalue weighted by Gasteiger charge is -2.19. The molecule has 1 fully saturated rings. The lowest BCUT2D eigenvalue weighted by atomic mass is 10.1. The third-order valence-corrected chi connectivity index (χ3v) is 4.66. The van der Waals surface area contributed by atoms with E-state index >= 15 is 0 Å². The summed E-state index contributed by atoms with van der Waals surface area (Å²) >= 11 is 0. The van der Waals surface area contributed by atoms with Crippen LogP contribution in [0.15, 0.2) is 24.8 Å². The SMILES string of the molecule is Cc1c(C(C)NC[C@H]2CC[C@@H](c3ncn[nH]3)O2)cnc2ccnn12. The average molecular weight is 327 g/mol. The zero-order chi connectivity index (χ0) is 16.5. The topological polar surface area (TPSA) is 93.0 Å². The molecule has 0 radical (unpaired) electrons. The predicted molar refractivity (Wildman–Crippen MR) is 87.4 cm³/mol. The van der Waals surface area contributed by atoms with E-state index in [1.807, 2.05) is 16.8 Å². The molecule has 0 saturated carbocycles. The van der Waals surface area contributed by atoms with Crippen LogP contribution in [0.1, 0.15) is 49.0 Å². The number of hydrogen-bond acceptors (Lipinski definition) is 6. The van der Waals surface area contributed by atoms with Crippen LogP contribution in [-0.2, 0) is 4.74 Å². The van der Waals surface area contributed by atoms with Crippen molar-refractivity contribution in [3.8, 4) is 0 Å². The van der Waals surface area contributed by atoms with Gasteiger partial charge in [-0.25, -0.2) is 14.5 Å². The van der Waals surface area contributed by atoms with Crippen molar-refractivity contribution in [2.24, 2.45) is 0 Å². The largest absolute Gasteiger partial charge is 0.366 e. The molecular formula is C16H21N7O. The molecule has 0 aromatic carbocycles. The van der Waals surface area contributed by atoms with Gasteiger partial charge in [-0.2, -0.15) is 10.2 Å². The molecule has 8 nitrogen and oxygen atoms in total. The first-order chi connectivity index (χ1) is 11.7. The standard InChI is InChI=1S/C16H21N7O/c1-10(13-8-18-15-5-6-21-23(15)11(13)2)17-7-12-3-4-14(24-12)16-19-9-20-22-16/h5-6,8-10,12,14,17H,3-4,7H2,1-2H3,(H,19,20,22)/t10?,12-,14+/m1/s1. The van der Waals surface area contributed by atoms with Crippen molar-refractivity contribution in [2.75, 3.05) is 6.54 Å². The van der Waals surface area contributed by atoms with E-state index in [-0.39, 0.29) is 18.2 Å². The highest BCUT2D eigenvalue weighted by molar-refractivity contribution is 5.39. The Hall–Kier alpha value is -2.32. The van der Waals surface area contributed by atoms with Gasteiger partial charge in [0.05, 0.1) is 12.3 Å². The summed E-state index contributed by atoms with van der Waals surface area (Å²) in [7, 11) is 0. The Bertz CT molecular complexity index is 813. The van der Waals surface area contributed by atoms with Crippen LogP contribution in [0.2, 0.25) is 0 Å². The van der Waals surface area contributed by atoms with Gasteiger partial charge in [0, 0.05) is 36.1 Å². The van der Waals surface area contributed by atoms with Gasteiger partial charge >= 0.3 is 0 Å². The zero-order valence-electron chi connectivity index (χ0n) is 13.8. The second-order valence-corrected chi connectivity index (χ2v) is 6.22. The number of rotatable bonds is 5. The minimum atomic E-state index is 0.0263. The first-order valence-electron chi connectivity index (χ1n) is 8.25. The minimum Gasteiger partial charge on any atom is -0.366 e. The van der Waals surface area contributed by atoms with Gasteiger partial charge in [-0.15, -0.1) is 0 Å². The number of fused-ring (bicyclic) bond motifs is 1. The quantitative estimate of drug-likeness (QED) is 0.741. The number of nitrogens with one attached hydrogen (secondary N) is 2. The van der Waals surface area contributed by atoms with E-state index in [1.54, 1.807) is 6.20 Å². The Morgan fingerprint density at radius 1 is 1.42 bits per heavy atom. The summed E-state index contributed by atoms with van der Waals surface area (Å²) in [5.41, 5.74) is 3.13. The number of H-pyrrole nitrogens is 1. The van der Waals surface area contributed by atoms with Crippen LogP contribution in [-0.4, -0.2) is 42.4 Å². The smallest absolute Gasteiger partial charge is 0.155 e. The first-order valence-corrected chi connectivity index (χ1v) is 8.25. The van der Waals surface area contributed by atoms with Crippen LogP contribution in [0, 0.1) is 6.92 Å². The molecular weight excluding hydrogens is 306 g/mol. The van der Waals surface area contributed by atoms with E-state index in [0.717, 1.165) is 42.1 Å². The summed E-state index contributed by atoms with van der Waals surface area (Å²) < 4.78 is 7.93. The number of aryl methyl sites for hydroxylation is 1. The van der Waals surface area contributed by atoms with Gasteiger partial charge in [-0.05, 0) is 26.7 Å². The van der Waals surface area contributed by atoms with Gasteiger partial charge in [0.15, 0.2) is 11.5 Å². The third kappa shape index (κ3) is 2.78. The van der Waals surface area contributed by atoms with Crippen molar-refractivity contribution in [1.29, 1.82) is 0 Å². The summed E-state index contributed by atoms with van der Waals surface area (Å²) in [6.45, 7) is 5.01. The molecule has 8 heteroatoms. The monoisotopic (exact) mass is 327 g/mol. The third-order valence-electron chi connectivity index (χ3n) is 4.66. The van der Waals surface area contributed by atoms with Gasteiger partial charge in [0.25, 0.3) is 0 Å². The second-order valence-electron chi connectivity index (χ2n) is 6.22. The molecule has 4 rings (SSSR count). The van der Waals surface area contributed by atoms with Crippen LogP contribution in [0.5, 0.6) is 0 Å². The molecule has 0 spiro atoms. The number of aromatic amines is 1. The van der Waals surface area contributed by atoms with Crippen molar-refractivity contribution in [2.45, 2.75) is 44.9 Å². The Labute approximate surface area is 139 Å². The second kappa shape index (κ2) is 6.29. The number of aromatic nitrogens is 6. The van der Waals surface area contributed by atoms with Crippen LogP contribution in [0.4, 0.5) is 0 Å². The molecule has 1 aliphatic rings. The molecule has 24 heavy (non-hydrogen) atoms. The van der Waals surface area contributed by atoms with E-state index in [0.29, 0.717) is 0 Å². The van der Waals surface area contributed by atoms with Crippen LogP contribution in [0.3, 0.4) is 0 Å². The normalized spacial score (nSPS) is 22.2. The fourth-order valence-corrected chi connectivity index (χ4v) is 3.27. The van der Waals surface area contributed by atoms with E-state index in [9.17, 15) is 0 Å². The summed E-state index contributed by atoms with van der Waals surface area (Å²) in [6, 6.07) is 2.09. The summed E-state index contributed by atoms with van der Waals surface area (Å²) in [5.74, 6) is 0.815. The van der Waals surface area contributed by atoms with Crippen molar-refractivity contribution in [3.63, 3.8) is 0 Å². The number of ether oxygens (including phenoxy) is 1. The summed E-state index contributed by atoms with van der Waals surface area (Å²) in [6.07, 6.45) is 7.41. The Morgan fingerprint density at radius 3 is 3.17 bits per heavy atom. The highest BCUT2D eigenvalue weighted by Crippen LogP contribution is 2.30. The molecule has 3 aromatic heterocycles. The summed E-state index contributed by atoms with van der Waals surface area (Å²) in [4.78, 5) is 8.64. The predicted octanol–water partition coefficient (Wildman–Crippen LogP) is 1.73. The molecule has 0 amide bonds. The Balaban J connectivity index is 1.38. The fourth-order valence-electron chi connectivity index (χ4n) is 3.27. The zero-order valence-corrected chi connectivity index (χ0v) is 13.8. The van der Waals surface area contributed by atoms with Crippen molar-refractivity contribution < 1.29 is 4.74 Å². The molecule has 0 bridgehead atoms. The molecule has 3 aromatic rings. The molecule has 2 N–H and O–H groups in total. The molecule has 1 unspecified atom stereocenters. The molecule has 126 valence electrons. The van der Waals surface area contributed by atoms with Gasteiger partial charge in [-0.1, -0.05) is 0 Å². The van der Waals surface area contributed by atoms with E-state index in [1.165, 1.54) is 6.33 Å². The van der Waals surface area contributed by atoms with Gasteiger partial charge < -0.3 is 10.1 Å². The lowest BCUT2D eigenvalue weighted by molar-refractivity contribution is 0.0390. The van der Waals surface area contributed by atoms with E-state index in [2.05, 4.69) is 44.4 Å². The lowest BCUT2D eigenvalue weighted by Crippen LogP contribution is -2.29. The van der Waals surface area contributed by atoms with E-state index < -0.39 is 0 Å². The highest BCUT2D eigenvalue weighted by Gasteiger charge is 2.28. The molecule has 4 heterocycles. The minimum absolute atomic E-state index is 0.0263. The Morgan fingerprint density at radius 2 is 2.33 bits per heavy atom. The summed E-state index contributed by atoms with van der Waals surface area (Å²) in [5, 5.41) is 14.7. The molecule has 1 saturated heterocycles. The Kier molecular flexibility index (Phi) is 3.99. The highest BCUT2D eigenvalue weighted by atomic mass is 16.5. The maximum Gasteiger partial charge on any atom is 0.155 e. The first kappa shape index (κ1) is 15.2. The maximum absolute atomic E-state index is 6.05. The van der Waals surface area contributed by atoms with Crippen molar-refractivity contribution >= 4 is 5.65 Å². The molecule has 1 aliphatic heterocycles. The van der Waals surface area contributed by atoms with E-state index in [4.69, 9.17) is 4.74 Å². The number of nitrogens with zero attached hydrogens (tertiary/aromatic N) is 5. The van der Waals surface area contributed by atoms with Crippen LogP contribution >= 0.6 is 0 Å². The van der Waals surface area contributed by atoms with Crippen LogP contribution < -0.4 is 5.32 Å². The maximum atomic E-state index is 6.05. The van der Waals surface area contributed by atoms with Gasteiger partial charge in [0.2, 0.25) is 0 Å². The fraction of sp³-hybridized carbons (Fsp3) is 0.500. The number of hydrogen-bond donors (Lipinski definition) is 2. The van der Waals surface area contributed by atoms with Gasteiger partial charge in [-0.3, -0.25) is 5.10 Å². The van der Waals surface area contributed by atoms with Gasteiger partial charge in [0.1, 0.15) is 12.4 Å². The average Bonchev–Trinajstić information content (AvgIpc) is 3.32.